The Labute approximate surface area is 144 Å². The lowest BCUT2D eigenvalue weighted by Crippen LogP contribution is -2.20. The lowest BCUT2D eigenvalue weighted by molar-refractivity contribution is 0.558. The van der Waals surface area contributed by atoms with Crippen LogP contribution in [0.25, 0.3) is 0 Å². The largest absolute Gasteiger partial charge is 0.313 e. The van der Waals surface area contributed by atoms with Gasteiger partial charge in [0.25, 0.3) is 0 Å². The molecule has 108 valence electrons. The summed E-state index contributed by atoms with van der Waals surface area (Å²) in [5.41, 5.74) is 3.45. The summed E-state index contributed by atoms with van der Waals surface area (Å²) in [4.78, 5) is 0. The highest BCUT2D eigenvalue weighted by atomic mass is 79.9. The molecular weight excluding hydrogens is 450 g/mol. The van der Waals surface area contributed by atoms with Crippen molar-refractivity contribution in [2.24, 2.45) is 7.05 Å². The smallest absolute Gasteiger partial charge is 0.0738 e. The zero-order chi connectivity index (χ0) is 14.9. The number of hydrogen-bond acceptors (Lipinski definition) is 2. The maximum atomic E-state index is 4.45. The first-order valence-electron chi connectivity index (χ1n) is 6.24. The van der Waals surface area contributed by atoms with Gasteiger partial charge in [-0.2, -0.15) is 5.10 Å². The first-order valence-corrected chi connectivity index (χ1v) is 8.62. The van der Waals surface area contributed by atoms with Crippen LogP contribution in [-0.2, 0) is 13.5 Å². The Balaban J connectivity index is 2.33. The molecule has 3 nitrogen and oxygen atoms in total. The van der Waals surface area contributed by atoms with Crippen molar-refractivity contribution in [1.82, 2.24) is 15.1 Å². The number of nitrogens with one attached hydrogen (secondary N) is 1. The van der Waals surface area contributed by atoms with Gasteiger partial charge in [0.1, 0.15) is 0 Å². The summed E-state index contributed by atoms with van der Waals surface area (Å²) in [5, 5.41) is 7.83. The summed E-state index contributed by atoms with van der Waals surface area (Å²) in [7, 11) is 3.97. The summed E-state index contributed by atoms with van der Waals surface area (Å²) in [6.07, 6.45) is 0.870. The highest BCUT2D eigenvalue weighted by Crippen LogP contribution is 2.31. The van der Waals surface area contributed by atoms with Gasteiger partial charge in [0.15, 0.2) is 0 Å². The molecule has 0 radical (unpaired) electrons. The van der Waals surface area contributed by atoms with Crippen molar-refractivity contribution in [2.75, 3.05) is 7.05 Å². The van der Waals surface area contributed by atoms with Crippen molar-refractivity contribution < 1.29 is 0 Å². The predicted molar refractivity (Wildman–Crippen MR) is 93.0 cm³/mol. The van der Waals surface area contributed by atoms with Gasteiger partial charge < -0.3 is 5.32 Å². The first-order chi connectivity index (χ1) is 9.43. The van der Waals surface area contributed by atoms with Crippen molar-refractivity contribution in [3.8, 4) is 0 Å². The van der Waals surface area contributed by atoms with E-state index in [1.54, 1.807) is 0 Å². The average Bonchev–Trinajstić information content (AvgIpc) is 2.62. The van der Waals surface area contributed by atoms with E-state index in [2.05, 4.69) is 76.4 Å². The number of rotatable bonds is 4. The second-order valence-corrected chi connectivity index (χ2v) is 7.24. The highest BCUT2D eigenvalue weighted by molar-refractivity contribution is 9.11. The molecule has 1 atom stereocenters. The minimum absolute atomic E-state index is 0.226. The molecule has 1 aromatic carbocycles. The minimum Gasteiger partial charge on any atom is -0.313 e. The minimum atomic E-state index is 0.226. The summed E-state index contributed by atoms with van der Waals surface area (Å²) >= 11 is 10.8. The molecule has 0 fully saturated rings. The molecule has 1 aromatic heterocycles. The van der Waals surface area contributed by atoms with Crippen molar-refractivity contribution in [3.63, 3.8) is 0 Å². The monoisotopic (exact) mass is 463 g/mol. The van der Waals surface area contributed by atoms with Gasteiger partial charge in [0.05, 0.1) is 15.9 Å². The van der Waals surface area contributed by atoms with Crippen LogP contribution in [0.15, 0.2) is 31.6 Å². The number of aromatic nitrogens is 2. The number of hydrogen-bond donors (Lipinski definition) is 1. The number of aryl methyl sites for hydroxylation is 2. The Bertz CT molecular complexity index is 622. The second-order valence-electron chi connectivity index (χ2n) is 4.68. The van der Waals surface area contributed by atoms with E-state index in [9.17, 15) is 0 Å². The molecular formula is C14H16Br3N3. The third-order valence-corrected chi connectivity index (χ3v) is 5.56. The lowest BCUT2D eigenvalue weighted by atomic mass is 10.0. The Kier molecular flexibility index (Phi) is 5.45. The van der Waals surface area contributed by atoms with Crippen LogP contribution >= 0.6 is 47.8 Å². The third kappa shape index (κ3) is 3.35. The van der Waals surface area contributed by atoms with Crippen LogP contribution in [-0.4, -0.2) is 16.8 Å². The van der Waals surface area contributed by atoms with Crippen molar-refractivity contribution >= 4 is 47.8 Å². The van der Waals surface area contributed by atoms with Gasteiger partial charge in [-0.1, -0.05) is 37.9 Å². The van der Waals surface area contributed by atoms with Gasteiger partial charge in [0, 0.05) is 28.5 Å². The number of nitrogens with zero attached hydrogens (tertiary/aromatic N) is 2. The Morgan fingerprint density at radius 1 is 1.30 bits per heavy atom. The fraction of sp³-hybridized carbons (Fsp3) is 0.357. The van der Waals surface area contributed by atoms with Gasteiger partial charge in [-0.15, -0.1) is 0 Å². The Hall–Kier alpha value is -0.170. The lowest BCUT2D eigenvalue weighted by Gasteiger charge is -2.19. The third-order valence-electron chi connectivity index (χ3n) is 3.35. The SMILES string of the molecule is CNC(Cc1c(Br)c(C)nn1C)c1ccc(Br)cc1Br. The molecule has 0 saturated carbocycles. The van der Waals surface area contributed by atoms with E-state index in [0.29, 0.717) is 0 Å². The molecule has 1 heterocycles. The zero-order valence-electron chi connectivity index (χ0n) is 11.5. The first kappa shape index (κ1) is 16.2. The molecule has 0 amide bonds. The Morgan fingerprint density at radius 3 is 2.50 bits per heavy atom. The van der Waals surface area contributed by atoms with Gasteiger partial charge in [-0.3, -0.25) is 4.68 Å². The molecule has 0 aliphatic carbocycles. The molecule has 2 aromatic rings. The topological polar surface area (TPSA) is 29.9 Å². The van der Waals surface area contributed by atoms with Crippen molar-refractivity contribution in [1.29, 1.82) is 0 Å². The molecule has 0 bridgehead atoms. The normalized spacial score (nSPS) is 12.7. The van der Waals surface area contributed by atoms with Crippen molar-refractivity contribution in [3.05, 3.63) is 48.6 Å². The summed E-state index contributed by atoms with van der Waals surface area (Å²) < 4.78 is 5.20. The maximum absolute atomic E-state index is 4.45. The summed E-state index contributed by atoms with van der Waals surface area (Å²) in [6.45, 7) is 2.01. The van der Waals surface area contributed by atoms with Gasteiger partial charge in [-0.25, -0.2) is 0 Å². The molecule has 6 heteroatoms. The molecule has 2 rings (SSSR count). The maximum Gasteiger partial charge on any atom is 0.0738 e. The van der Waals surface area contributed by atoms with Crippen LogP contribution in [0, 0.1) is 6.92 Å². The molecule has 0 aliphatic heterocycles. The molecule has 0 saturated heterocycles. The van der Waals surface area contributed by atoms with Crippen LogP contribution < -0.4 is 5.32 Å². The van der Waals surface area contributed by atoms with Crippen LogP contribution in [0.3, 0.4) is 0 Å². The van der Waals surface area contributed by atoms with Crippen LogP contribution in [0.4, 0.5) is 0 Å². The highest BCUT2D eigenvalue weighted by Gasteiger charge is 2.18. The Morgan fingerprint density at radius 2 is 2.00 bits per heavy atom. The summed E-state index contributed by atoms with van der Waals surface area (Å²) in [6, 6.07) is 6.49. The summed E-state index contributed by atoms with van der Waals surface area (Å²) in [5.74, 6) is 0. The molecule has 0 spiro atoms. The van der Waals surface area contributed by atoms with E-state index in [4.69, 9.17) is 0 Å². The predicted octanol–water partition coefficient (Wildman–Crippen LogP) is 4.52. The van der Waals surface area contributed by atoms with E-state index in [0.717, 1.165) is 25.5 Å². The van der Waals surface area contributed by atoms with Crippen molar-refractivity contribution in [2.45, 2.75) is 19.4 Å². The molecule has 20 heavy (non-hydrogen) atoms. The van der Waals surface area contributed by atoms with Gasteiger partial charge in [-0.05, 0) is 47.6 Å². The molecule has 1 N–H and O–H groups in total. The number of halogens is 3. The standard InChI is InChI=1S/C14H16Br3N3/c1-8-14(17)13(20(3)19-8)7-12(18-2)10-5-4-9(15)6-11(10)16/h4-6,12,18H,7H2,1-3H3. The average molecular weight is 466 g/mol. The quantitative estimate of drug-likeness (QED) is 0.719. The fourth-order valence-corrected chi connectivity index (χ4v) is 4.07. The van der Waals surface area contributed by atoms with Crippen LogP contribution in [0.2, 0.25) is 0 Å². The van der Waals surface area contributed by atoms with E-state index in [-0.39, 0.29) is 6.04 Å². The van der Waals surface area contributed by atoms with E-state index >= 15 is 0 Å². The van der Waals surface area contributed by atoms with E-state index in [1.165, 1.54) is 11.3 Å². The molecule has 1 unspecified atom stereocenters. The molecule has 0 aliphatic rings. The fourth-order valence-electron chi connectivity index (χ4n) is 2.25. The number of likely N-dealkylation sites (N-methyl/N-ethyl adjacent to an activating group) is 1. The van der Waals surface area contributed by atoms with Crippen LogP contribution in [0.1, 0.15) is 23.0 Å². The zero-order valence-corrected chi connectivity index (χ0v) is 16.3. The van der Waals surface area contributed by atoms with E-state index in [1.807, 2.05) is 25.7 Å². The number of benzene rings is 1. The van der Waals surface area contributed by atoms with Gasteiger partial charge >= 0.3 is 0 Å². The van der Waals surface area contributed by atoms with Gasteiger partial charge in [0.2, 0.25) is 0 Å². The van der Waals surface area contributed by atoms with Crippen LogP contribution in [0.5, 0.6) is 0 Å². The second kappa shape index (κ2) is 6.73. The van der Waals surface area contributed by atoms with E-state index < -0.39 is 0 Å².